The fourth-order valence-electron chi connectivity index (χ4n) is 2.27. The van der Waals surface area contributed by atoms with Crippen LogP contribution in [0.5, 0.6) is 0 Å². The van der Waals surface area contributed by atoms with E-state index < -0.39 is 0 Å². The molecule has 0 amide bonds. The number of nitrogens with one attached hydrogen (secondary N) is 1. The number of hydrogen-bond acceptors (Lipinski definition) is 2. The molecular formula is C14H18FNO. The maximum atomic E-state index is 13.3. The summed E-state index contributed by atoms with van der Waals surface area (Å²) in [5, 5.41) is 3.28. The summed E-state index contributed by atoms with van der Waals surface area (Å²) in [6.07, 6.45) is 2.89. The van der Waals surface area contributed by atoms with Crippen molar-refractivity contribution in [3.8, 4) is 0 Å². The zero-order valence-electron chi connectivity index (χ0n) is 9.92. The summed E-state index contributed by atoms with van der Waals surface area (Å²) in [5.41, 5.74) is 0.516. The SMILES string of the molecule is O=C(CCC1CCNC1)Cc1ccccc1F. The van der Waals surface area contributed by atoms with Gasteiger partial charge in [0.25, 0.3) is 0 Å². The summed E-state index contributed by atoms with van der Waals surface area (Å²) < 4.78 is 13.3. The molecule has 1 aliphatic heterocycles. The lowest BCUT2D eigenvalue weighted by Gasteiger charge is -2.07. The first-order valence-electron chi connectivity index (χ1n) is 6.21. The van der Waals surface area contributed by atoms with Gasteiger partial charge in [-0.1, -0.05) is 18.2 Å². The van der Waals surface area contributed by atoms with Gasteiger partial charge in [-0.05, 0) is 43.5 Å². The van der Waals surface area contributed by atoms with Crippen LogP contribution in [0.1, 0.15) is 24.8 Å². The largest absolute Gasteiger partial charge is 0.316 e. The molecule has 1 fully saturated rings. The quantitative estimate of drug-likeness (QED) is 0.848. The molecule has 1 atom stereocenters. The van der Waals surface area contributed by atoms with Crippen molar-refractivity contribution in [1.29, 1.82) is 0 Å². The molecule has 1 N–H and O–H groups in total. The molecule has 1 aliphatic rings. The third kappa shape index (κ3) is 3.63. The Morgan fingerprint density at radius 3 is 2.94 bits per heavy atom. The van der Waals surface area contributed by atoms with Gasteiger partial charge in [0, 0.05) is 12.8 Å². The molecule has 0 saturated carbocycles. The molecule has 0 spiro atoms. The Labute approximate surface area is 101 Å². The first kappa shape index (κ1) is 12.2. The highest BCUT2D eigenvalue weighted by Gasteiger charge is 2.16. The van der Waals surface area contributed by atoms with Crippen molar-refractivity contribution >= 4 is 5.78 Å². The molecular weight excluding hydrogens is 217 g/mol. The summed E-state index contributed by atoms with van der Waals surface area (Å²) in [5.74, 6) is 0.491. The van der Waals surface area contributed by atoms with Crippen LogP contribution in [0.25, 0.3) is 0 Å². The summed E-state index contributed by atoms with van der Waals surface area (Å²) in [4.78, 5) is 11.7. The molecule has 0 aromatic heterocycles. The average Bonchev–Trinajstić information content (AvgIpc) is 2.82. The zero-order chi connectivity index (χ0) is 12.1. The standard InChI is InChI=1S/C14H18FNO/c15-14-4-2-1-3-12(14)9-13(17)6-5-11-7-8-16-10-11/h1-4,11,16H,5-10H2. The van der Waals surface area contributed by atoms with Crippen molar-refractivity contribution in [2.75, 3.05) is 13.1 Å². The Morgan fingerprint density at radius 2 is 2.24 bits per heavy atom. The lowest BCUT2D eigenvalue weighted by atomic mass is 9.98. The smallest absolute Gasteiger partial charge is 0.137 e. The second kappa shape index (κ2) is 5.92. The first-order valence-corrected chi connectivity index (χ1v) is 6.21. The van der Waals surface area contributed by atoms with E-state index in [0.717, 1.165) is 25.9 Å². The summed E-state index contributed by atoms with van der Waals surface area (Å²) in [7, 11) is 0. The van der Waals surface area contributed by atoms with E-state index >= 15 is 0 Å². The van der Waals surface area contributed by atoms with Crippen LogP contribution in [0.4, 0.5) is 4.39 Å². The van der Waals surface area contributed by atoms with Crippen LogP contribution in [0.2, 0.25) is 0 Å². The van der Waals surface area contributed by atoms with Crippen molar-refractivity contribution < 1.29 is 9.18 Å². The van der Waals surface area contributed by atoms with E-state index in [0.29, 0.717) is 17.9 Å². The van der Waals surface area contributed by atoms with E-state index in [1.807, 2.05) is 0 Å². The molecule has 0 bridgehead atoms. The summed E-state index contributed by atoms with van der Waals surface area (Å²) in [6.45, 7) is 2.08. The first-order chi connectivity index (χ1) is 8.25. The van der Waals surface area contributed by atoms with E-state index in [1.54, 1.807) is 18.2 Å². The Morgan fingerprint density at radius 1 is 1.41 bits per heavy atom. The van der Waals surface area contributed by atoms with Crippen LogP contribution in [0, 0.1) is 11.7 Å². The monoisotopic (exact) mass is 235 g/mol. The van der Waals surface area contributed by atoms with Crippen molar-refractivity contribution in [2.24, 2.45) is 5.92 Å². The topological polar surface area (TPSA) is 29.1 Å². The Balaban J connectivity index is 1.79. The van der Waals surface area contributed by atoms with E-state index in [2.05, 4.69) is 5.32 Å². The van der Waals surface area contributed by atoms with Gasteiger partial charge in [0.15, 0.2) is 0 Å². The number of carbonyl (C=O) groups excluding carboxylic acids is 1. The molecule has 17 heavy (non-hydrogen) atoms. The molecule has 1 saturated heterocycles. The molecule has 1 unspecified atom stereocenters. The zero-order valence-corrected chi connectivity index (χ0v) is 9.92. The lowest BCUT2D eigenvalue weighted by Crippen LogP contribution is -2.11. The minimum atomic E-state index is -0.275. The highest BCUT2D eigenvalue weighted by molar-refractivity contribution is 5.80. The molecule has 92 valence electrons. The van der Waals surface area contributed by atoms with E-state index in [1.165, 1.54) is 6.07 Å². The van der Waals surface area contributed by atoms with Crippen LogP contribution in [0.15, 0.2) is 24.3 Å². The van der Waals surface area contributed by atoms with Gasteiger partial charge in [-0.2, -0.15) is 0 Å². The number of carbonyl (C=O) groups is 1. The van der Waals surface area contributed by atoms with Crippen LogP contribution >= 0.6 is 0 Å². The van der Waals surface area contributed by atoms with Gasteiger partial charge in [-0.3, -0.25) is 4.79 Å². The molecule has 2 nitrogen and oxygen atoms in total. The minimum absolute atomic E-state index is 0.141. The van der Waals surface area contributed by atoms with Crippen molar-refractivity contribution in [1.82, 2.24) is 5.32 Å². The van der Waals surface area contributed by atoms with E-state index in [9.17, 15) is 9.18 Å². The second-order valence-electron chi connectivity index (χ2n) is 4.70. The minimum Gasteiger partial charge on any atom is -0.316 e. The molecule has 3 heteroatoms. The summed E-state index contributed by atoms with van der Waals surface area (Å²) >= 11 is 0. The van der Waals surface area contributed by atoms with Crippen LogP contribution in [-0.4, -0.2) is 18.9 Å². The van der Waals surface area contributed by atoms with Gasteiger partial charge >= 0.3 is 0 Å². The van der Waals surface area contributed by atoms with Crippen LogP contribution < -0.4 is 5.32 Å². The number of Topliss-reactive ketones (excluding diaryl/α,β-unsaturated/α-hetero) is 1. The van der Waals surface area contributed by atoms with Gasteiger partial charge in [-0.25, -0.2) is 4.39 Å². The van der Waals surface area contributed by atoms with Crippen LogP contribution in [0.3, 0.4) is 0 Å². The van der Waals surface area contributed by atoms with Crippen LogP contribution in [-0.2, 0) is 11.2 Å². The normalized spacial score (nSPS) is 19.5. The third-order valence-electron chi connectivity index (χ3n) is 3.34. The van der Waals surface area contributed by atoms with E-state index in [4.69, 9.17) is 0 Å². The maximum Gasteiger partial charge on any atom is 0.137 e. The fourth-order valence-corrected chi connectivity index (χ4v) is 2.27. The maximum absolute atomic E-state index is 13.3. The number of rotatable bonds is 5. The lowest BCUT2D eigenvalue weighted by molar-refractivity contribution is -0.118. The van der Waals surface area contributed by atoms with Gasteiger partial charge in [0.1, 0.15) is 11.6 Å². The van der Waals surface area contributed by atoms with Gasteiger partial charge in [-0.15, -0.1) is 0 Å². The summed E-state index contributed by atoms with van der Waals surface area (Å²) in [6, 6.07) is 6.51. The fraction of sp³-hybridized carbons (Fsp3) is 0.500. The number of hydrogen-bond donors (Lipinski definition) is 1. The highest BCUT2D eigenvalue weighted by Crippen LogP contribution is 2.16. The van der Waals surface area contributed by atoms with Gasteiger partial charge in [0.2, 0.25) is 0 Å². The molecule has 2 rings (SSSR count). The Kier molecular flexibility index (Phi) is 4.26. The van der Waals surface area contributed by atoms with Crippen molar-refractivity contribution in [3.05, 3.63) is 35.6 Å². The predicted octanol–water partition coefficient (Wildman–Crippen LogP) is 2.33. The van der Waals surface area contributed by atoms with Gasteiger partial charge in [0.05, 0.1) is 0 Å². The molecule has 1 heterocycles. The Bertz CT molecular complexity index is 386. The predicted molar refractivity (Wildman–Crippen MR) is 65.3 cm³/mol. The highest BCUT2D eigenvalue weighted by atomic mass is 19.1. The molecule has 0 radical (unpaired) electrons. The number of benzene rings is 1. The number of halogens is 1. The number of ketones is 1. The molecule has 0 aliphatic carbocycles. The van der Waals surface area contributed by atoms with E-state index in [-0.39, 0.29) is 18.0 Å². The molecule has 1 aromatic carbocycles. The van der Waals surface area contributed by atoms with Gasteiger partial charge < -0.3 is 5.32 Å². The molecule has 1 aromatic rings. The average molecular weight is 235 g/mol. The van der Waals surface area contributed by atoms with Crippen molar-refractivity contribution in [3.63, 3.8) is 0 Å². The second-order valence-corrected chi connectivity index (χ2v) is 4.70. The third-order valence-corrected chi connectivity index (χ3v) is 3.34. The Hall–Kier alpha value is -1.22. The van der Waals surface area contributed by atoms with Crippen molar-refractivity contribution in [2.45, 2.75) is 25.7 Å².